The monoisotopic (exact) mass is 339 g/mol. The largest absolute Gasteiger partial charge is 0.545 e. The number of rotatable bonds is 3. The number of nitrogens with two attached hydrogens (primary N) is 1. The van der Waals surface area contributed by atoms with Crippen LogP contribution >= 0.6 is 0 Å². The van der Waals surface area contributed by atoms with Gasteiger partial charge in [-0.05, 0) is 45.8 Å². The number of nitrogen functional groups attached to an aromatic ring is 1. The summed E-state index contributed by atoms with van der Waals surface area (Å²) in [5.74, 6) is -1.27. The van der Waals surface area contributed by atoms with Crippen LogP contribution in [0.5, 0.6) is 0 Å². The maximum absolute atomic E-state index is 11.1. The lowest BCUT2D eigenvalue weighted by molar-refractivity contribution is -0.255. The summed E-state index contributed by atoms with van der Waals surface area (Å²) < 4.78 is 0. The van der Waals surface area contributed by atoms with Gasteiger partial charge in [0.25, 0.3) is 0 Å². The Kier molecular flexibility index (Phi) is 3.86. The van der Waals surface area contributed by atoms with Crippen molar-refractivity contribution < 1.29 is 9.90 Å². The molecule has 4 aromatic rings. The van der Waals surface area contributed by atoms with Crippen LogP contribution in [0.3, 0.4) is 0 Å². The van der Waals surface area contributed by atoms with Crippen LogP contribution in [0.1, 0.15) is 15.9 Å². The van der Waals surface area contributed by atoms with Crippen LogP contribution in [-0.2, 0) is 0 Å². The second-order valence-electron chi connectivity index (χ2n) is 6.09. The van der Waals surface area contributed by atoms with E-state index in [1.165, 1.54) is 12.1 Å². The summed E-state index contributed by atoms with van der Waals surface area (Å²) in [5, 5.41) is 15.5. The van der Waals surface area contributed by atoms with Gasteiger partial charge in [0.05, 0.1) is 11.7 Å². The number of hydrogen-bond donors (Lipinski definition) is 1. The van der Waals surface area contributed by atoms with Crippen molar-refractivity contribution in [3.8, 4) is 0 Å². The first kappa shape index (κ1) is 15.8. The van der Waals surface area contributed by atoms with E-state index in [4.69, 9.17) is 5.73 Å². The van der Waals surface area contributed by atoms with Gasteiger partial charge in [-0.3, -0.25) is 4.99 Å². The van der Waals surface area contributed by atoms with E-state index in [1.54, 1.807) is 12.3 Å². The first-order chi connectivity index (χ1) is 12.6. The molecular weight excluding hydrogens is 324 g/mol. The molecule has 0 aromatic heterocycles. The molecule has 0 spiro atoms. The molecule has 2 N–H and O–H groups in total. The normalized spacial score (nSPS) is 11.4. The maximum atomic E-state index is 11.1. The molecule has 0 atom stereocenters. The number of aliphatic imine (C=N–C) groups is 1. The quantitative estimate of drug-likeness (QED) is 0.351. The highest BCUT2D eigenvalue weighted by Gasteiger charge is 2.06. The molecule has 0 aliphatic rings. The lowest BCUT2D eigenvalue weighted by Crippen LogP contribution is -2.22. The molecule has 0 unspecified atom stereocenters. The van der Waals surface area contributed by atoms with Crippen LogP contribution in [0.25, 0.3) is 21.5 Å². The molecule has 0 bridgehead atoms. The highest BCUT2D eigenvalue weighted by atomic mass is 16.4. The van der Waals surface area contributed by atoms with E-state index in [9.17, 15) is 9.90 Å². The Morgan fingerprint density at radius 3 is 2.12 bits per heavy atom. The topological polar surface area (TPSA) is 78.5 Å². The Labute approximate surface area is 150 Å². The number of carbonyl (C=O) groups is 1. The van der Waals surface area contributed by atoms with Crippen molar-refractivity contribution in [2.45, 2.75) is 0 Å². The third kappa shape index (κ3) is 2.89. The molecule has 4 aromatic carbocycles. The predicted molar refractivity (Wildman–Crippen MR) is 104 cm³/mol. The third-order valence-electron chi connectivity index (χ3n) is 4.33. The van der Waals surface area contributed by atoms with Gasteiger partial charge in [-0.2, -0.15) is 0 Å². The second-order valence-corrected chi connectivity index (χ2v) is 6.09. The number of benzene rings is 4. The smallest absolute Gasteiger partial charge is 0.0716 e. The van der Waals surface area contributed by atoms with Gasteiger partial charge in [-0.15, -0.1) is 0 Å². The number of nitrogens with zero attached hydrogens (tertiary/aromatic N) is 1. The molecule has 0 heterocycles. The average Bonchev–Trinajstić information content (AvgIpc) is 2.64. The standard InChI is InChI=1S/C22H16N2O2/c23-17-10-16(22(25)26)11-18(12-17)24-13-21-19-7-3-1-5-14(19)9-15-6-2-4-8-20(15)21/h1-13H,23H2,(H,25,26)/p-1. The minimum Gasteiger partial charge on any atom is -0.545 e. The summed E-state index contributed by atoms with van der Waals surface area (Å²) in [5.41, 5.74) is 7.59. The molecule has 0 radical (unpaired) electrons. The van der Waals surface area contributed by atoms with E-state index < -0.39 is 5.97 Å². The Morgan fingerprint density at radius 1 is 0.885 bits per heavy atom. The number of anilines is 1. The fraction of sp³-hybridized carbons (Fsp3) is 0. The van der Waals surface area contributed by atoms with Gasteiger partial charge >= 0.3 is 0 Å². The van der Waals surface area contributed by atoms with E-state index in [2.05, 4.69) is 35.3 Å². The molecule has 0 saturated carbocycles. The van der Waals surface area contributed by atoms with Crippen LogP contribution in [0, 0.1) is 0 Å². The predicted octanol–water partition coefficient (Wildman–Crippen LogP) is 3.69. The molecule has 0 fully saturated rings. The van der Waals surface area contributed by atoms with E-state index in [-0.39, 0.29) is 5.56 Å². The number of fused-ring (bicyclic) bond motifs is 2. The Hall–Kier alpha value is -3.66. The molecule has 126 valence electrons. The van der Waals surface area contributed by atoms with Crippen LogP contribution < -0.4 is 10.8 Å². The zero-order chi connectivity index (χ0) is 18.1. The zero-order valence-corrected chi connectivity index (χ0v) is 13.8. The van der Waals surface area contributed by atoms with Gasteiger partial charge < -0.3 is 15.6 Å². The Balaban J connectivity index is 1.91. The lowest BCUT2D eigenvalue weighted by Gasteiger charge is -2.08. The fourth-order valence-electron chi connectivity index (χ4n) is 3.15. The summed E-state index contributed by atoms with van der Waals surface area (Å²) in [4.78, 5) is 15.6. The van der Waals surface area contributed by atoms with Crippen LogP contribution in [-0.4, -0.2) is 12.2 Å². The Morgan fingerprint density at radius 2 is 1.50 bits per heavy atom. The zero-order valence-electron chi connectivity index (χ0n) is 13.8. The van der Waals surface area contributed by atoms with Gasteiger partial charge in [0.2, 0.25) is 0 Å². The van der Waals surface area contributed by atoms with Gasteiger partial charge in [-0.25, -0.2) is 0 Å². The van der Waals surface area contributed by atoms with Crippen molar-refractivity contribution in [2.75, 3.05) is 5.73 Å². The van der Waals surface area contributed by atoms with Crippen molar-refractivity contribution in [1.29, 1.82) is 0 Å². The summed E-state index contributed by atoms with van der Waals surface area (Å²) in [7, 11) is 0. The van der Waals surface area contributed by atoms with E-state index >= 15 is 0 Å². The minimum atomic E-state index is -1.27. The molecule has 4 rings (SSSR count). The molecular formula is C22H15N2O2-. The molecule has 4 heteroatoms. The van der Waals surface area contributed by atoms with E-state index in [0.29, 0.717) is 11.4 Å². The van der Waals surface area contributed by atoms with Gasteiger partial charge in [0.1, 0.15) is 0 Å². The molecule has 26 heavy (non-hydrogen) atoms. The number of carboxylic acids is 1. The summed E-state index contributed by atoms with van der Waals surface area (Å²) in [6.45, 7) is 0. The SMILES string of the molecule is Nc1cc(N=Cc2c3ccccc3cc3ccccc23)cc(C(=O)[O-])c1. The van der Waals surface area contributed by atoms with Gasteiger partial charge in [0, 0.05) is 23.0 Å². The van der Waals surface area contributed by atoms with Crippen molar-refractivity contribution in [1.82, 2.24) is 0 Å². The average molecular weight is 339 g/mol. The maximum Gasteiger partial charge on any atom is 0.0716 e. The highest BCUT2D eigenvalue weighted by Crippen LogP contribution is 2.28. The van der Waals surface area contributed by atoms with E-state index in [0.717, 1.165) is 27.1 Å². The van der Waals surface area contributed by atoms with Crippen LogP contribution in [0.2, 0.25) is 0 Å². The van der Waals surface area contributed by atoms with Crippen molar-refractivity contribution >= 4 is 45.1 Å². The molecule has 0 amide bonds. The number of carbonyl (C=O) groups excluding carboxylic acids is 1. The van der Waals surface area contributed by atoms with Crippen LogP contribution in [0.4, 0.5) is 11.4 Å². The number of carboxylic acid groups (broad SMARTS) is 1. The first-order valence-electron chi connectivity index (χ1n) is 8.18. The highest BCUT2D eigenvalue weighted by molar-refractivity contribution is 6.13. The summed E-state index contributed by atoms with van der Waals surface area (Å²) in [6.07, 6.45) is 1.76. The minimum absolute atomic E-state index is 0.0138. The first-order valence-corrected chi connectivity index (χ1v) is 8.18. The number of aromatic carboxylic acids is 1. The second kappa shape index (κ2) is 6.33. The van der Waals surface area contributed by atoms with Crippen molar-refractivity contribution in [2.24, 2.45) is 4.99 Å². The van der Waals surface area contributed by atoms with Crippen molar-refractivity contribution in [3.05, 3.63) is 83.9 Å². The van der Waals surface area contributed by atoms with Crippen LogP contribution in [0.15, 0.2) is 77.8 Å². The van der Waals surface area contributed by atoms with Gasteiger partial charge in [0.15, 0.2) is 0 Å². The van der Waals surface area contributed by atoms with Gasteiger partial charge in [-0.1, -0.05) is 48.5 Å². The summed E-state index contributed by atoms with van der Waals surface area (Å²) >= 11 is 0. The van der Waals surface area contributed by atoms with Crippen molar-refractivity contribution in [3.63, 3.8) is 0 Å². The molecule has 4 nitrogen and oxygen atoms in total. The fourth-order valence-corrected chi connectivity index (χ4v) is 3.15. The lowest BCUT2D eigenvalue weighted by atomic mass is 9.97. The summed E-state index contributed by atoms with van der Waals surface area (Å²) in [6, 6.07) is 22.8. The molecule has 0 aliphatic carbocycles. The number of hydrogen-bond acceptors (Lipinski definition) is 4. The Bertz CT molecular complexity index is 1130. The molecule has 0 aliphatic heterocycles. The third-order valence-corrected chi connectivity index (χ3v) is 4.33. The van der Waals surface area contributed by atoms with E-state index in [1.807, 2.05) is 24.3 Å². The molecule has 0 saturated heterocycles.